The smallest absolute Gasteiger partial charge is 0.272 e. The molecule has 0 aliphatic carbocycles. The Hall–Kier alpha value is -1.49. The molecular weight excluding hydrogens is 497 g/mol. The highest BCUT2D eigenvalue weighted by Crippen LogP contribution is 2.17. The van der Waals surface area contributed by atoms with E-state index >= 15 is 0 Å². The van der Waals surface area contributed by atoms with Gasteiger partial charge in [0.05, 0.1) is 18.8 Å². The molecule has 0 saturated carbocycles. The Balaban J connectivity index is 0.00000392. The zero-order chi connectivity index (χ0) is 19.6. The fourth-order valence-electron chi connectivity index (χ4n) is 2.24. The molecule has 0 atom stereocenters. The number of ether oxygens (including phenoxy) is 1. The van der Waals surface area contributed by atoms with E-state index in [1.54, 1.807) is 29.5 Å². The Morgan fingerprint density at radius 1 is 1.29 bits per heavy atom. The van der Waals surface area contributed by atoms with Crippen molar-refractivity contribution in [2.24, 2.45) is 4.99 Å². The molecule has 0 aliphatic rings. The molecule has 156 valence electrons. The molecule has 0 spiro atoms. The standard InChI is InChI=1S/C19H26F2N4OS.HI/c1-4-22-19(24-10-18-25-16(12-27-18)13(2)3)23-9-14-6-5-7-15(8-14)26-11-17(20)21;/h5-8,12-13,17H,4,9-11H2,1-3H3,(H2,22,23,24);1H. The lowest BCUT2D eigenvalue weighted by Crippen LogP contribution is -2.36. The van der Waals surface area contributed by atoms with Crippen LogP contribution in [-0.2, 0) is 13.1 Å². The van der Waals surface area contributed by atoms with E-state index in [1.165, 1.54) is 0 Å². The summed E-state index contributed by atoms with van der Waals surface area (Å²) in [5.41, 5.74) is 1.98. The Kier molecular flexibility index (Phi) is 11.3. The van der Waals surface area contributed by atoms with Gasteiger partial charge in [0, 0.05) is 11.9 Å². The Labute approximate surface area is 186 Å². The summed E-state index contributed by atoms with van der Waals surface area (Å²) in [7, 11) is 0. The van der Waals surface area contributed by atoms with E-state index in [1.807, 2.05) is 13.0 Å². The maximum atomic E-state index is 12.3. The summed E-state index contributed by atoms with van der Waals surface area (Å²) < 4.78 is 29.6. The van der Waals surface area contributed by atoms with E-state index < -0.39 is 13.0 Å². The maximum absolute atomic E-state index is 12.3. The van der Waals surface area contributed by atoms with Crippen LogP contribution >= 0.6 is 35.3 Å². The van der Waals surface area contributed by atoms with Gasteiger partial charge in [-0.25, -0.2) is 18.8 Å². The van der Waals surface area contributed by atoms with Crippen LogP contribution in [0.25, 0.3) is 0 Å². The zero-order valence-electron chi connectivity index (χ0n) is 16.2. The highest BCUT2D eigenvalue weighted by atomic mass is 127. The molecule has 9 heteroatoms. The molecule has 2 N–H and O–H groups in total. The summed E-state index contributed by atoms with van der Waals surface area (Å²) in [6, 6.07) is 7.05. The Bertz CT molecular complexity index is 740. The van der Waals surface area contributed by atoms with Gasteiger partial charge in [-0.1, -0.05) is 26.0 Å². The molecule has 5 nitrogen and oxygen atoms in total. The van der Waals surface area contributed by atoms with Crippen LogP contribution in [0.4, 0.5) is 8.78 Å². The lowest BCUT2D eigenvalue weighted by Gasteiger charge is -2.11. The summed E-state index contributed by atoms with van der Waals surface area (Å²) in [6.45, 7) is 7.38. The topological polar surface area (TPSA) is 58.5 Å². The van der Waals surface area contributed by atoms with Crippen molar-refractivity contribution in [1.82, 2.24) is 15.6 Å². The van der Waals surface area contributed by atoms with Crippen LogP contribution in [0.15, 0.2) is 34.6 Å². The minimum absolute atomic E-state index is 0. The number of guanidine groups is 1. The molecule has 1 aromatic carbocycles. The third-order valence-electron chi connectivity index (χ3n) is 3.61. The molecule has 0 saturated heterocycles. The van der Waals surface area contributed by atoms with E-state index in [-0.39, 0.29) is 24.0 Å². The maximum Gasteiger partial charge on any atom is 0.272 e. The van der Waals surface area contributed by atoms with Crippen molar-refractivity contribution in [3.8, 4) is 5.75 Å². The number of hydrogen-bond donors (Lipinski definition) is 2. The normalized spacial score (nSPS) is 11.5. The number of hydrogen-bond acceptors (Lipinski definition) is 4. The van der Waals surface area contributed by atoms with Crippen molar-refractivity contribution >= 4 is 41.3 Å². The summed E-state index contributed by atoms with van der Waals surface area (Å²) in [6.07, 6.45) is -2.49. The molecule has 2 rings (SSSR count). The quantitative estimate of drug-likeness (QED) is 0.282. The van der Waals surface area contributed by atoms with E-state index in [0.29, 0.717) is 30.7 Å². The molecule has 2 aromatic rings. The number of nitrogens with one attached hydrogen (secondary N) is 2. The molecule has 28 heavy (non-hydrogen) atoms. The van der Waals surface area contributed by atoms with Crippen LogP contribution in [0, 0.1) is 0 Å². The van der Waals surface area contributed by atoms with E-state index in [4.69, 9.17) is 4.74 Å². The molecule has 0 amide bonds. The van der Waals surface area contributed by atoms with Gasteiger partial charge in [-0.05, 0) is 30.5 Å². The summed E-state index contributed by atoms with van der Waals surface area (Å²) >= 11 is 1.63. The van der Waals surface area contributed by atoms with E-state index in [0.717, 1.165) is 22.8 Å². The molecule has 0 radical (unpaired) electrons. The van der Waals surface area contributed by atoms with Crippen molar-refractivity contribution in [2.45, 2.75) is 46.2 Å². The molecule has 0 aliphatic heterocycles. The first kappa shape index (κ1) is 24.5. The SMILES string of the molecule is CCNC(=NCc1cccc(OCC(F)F)c1)NCc1nc(C(C)C)cs1.I. The third-order valence-corrected chi connectivity index (χ3v) is 4.47. The number of aliphatic imine (C=N–C) groups is 1. The summed E-state index contributed by atoms with van der Waals surface area (Å²) in [5, 5.41) is 9.55. The van der Waals surface area contributed by atoms with Gasteiger partial charge in [-0.15, -0.1) is 35.3 Å². The average molecular weight is 524 g/mol. The molecule has 1 aromatic heterocycles. The van der Waals surface area contributed by atoms with Crippen molar-refractivity contribution in [3.05, 3.63) is 45.9 Å². The van der Waals surface area contributed by atoms with Gasteiger partial charge in [0.15, 0.2) is 5.96 Å². The fourth-order valence-corrected chi connectivity index (χ4v) is 3.13. The monoisotopic (exact) mass is 524 g/mol. The minimum atomic E-state index is -2.49. The molecule has 0 bridgehead atoms. The first-order valence-electron chi connectivity index (χ1n) is 8.94. The van der Waals surface area contributed by atoms with Crippen LogP contribution in [0.5, 0.6) is 5.75 Å². The Morgan fingerprint density at radius 2 is 2.07 bits per heavy atom. The number of halogens is 3. The van der Waals surface area contributed by atoms with Crippen LogP contribution < -0.4 is 15.4 Å². The predicted molar refractivity (Wildman–Crippen MR) is 121 cm³/mol. The largest absolute Gasteiger partial charge is 0.488 e. The highest BCUT2D eigenvalue weighted by Gasteiger charge is 2.07. The fraction of sp³-hybridized carbons (Fsp3) is 0.474. The van der Waals surface area contributed by atoms with E-state index in [9.17, 15) is 8.78 Å². The number of benzene rings is 1. The van der Waals surface area contributed by atoms with Gasteiger partial charge in [0.1, 0.15) is 17.4 Å². The first-order chi connectivity index (χ1) is 13.0. The van der Waals surface area contributed by atoms with Crippen LogP contribution in [0.1, 0.15) is 43.0 Å². The van der Waals surface area contributed by atoms with Gasteiger partial charge in [-0.2, -0.15) is 0 Å². The minimum Gasteiger partial charge on any atom is -0.488 e. The number of alkyl halides is 2. The number of nitrogens with zero attached hydrogens (tertiary/aromatic N) is 2. The van der Waals surface area contributed by atoms with Crippen molar-refractivity contribution in [1.29, 1.82) is 0 Å². The second-order valence-electron chi connectivity index (χ2n) is 6.22. The van der Waals surface area contributed by atoms with Crippen molar-refractivity contribution < 1.29 is 13.5 Å². The second kappa shape index (κ2) is 12.9. The second-order valence-corrected chi connectivity index (χ2v) is 7.16. The number of rotatable bonds is 9. The van der Waals surface area contributed by atoms with Crippen molar-refractivity contribution in [2.75, 3.05) is 13.2 Å². The third kappa shape index (κ3) is 8.68. The molecule has 1 heterocycles. The van der Waals surface area contributed by atoms with Gasteiger partial charge in [-0.3, -0.25) is 0 Å². The average Bonchev–Trinajstić information content (AvgIpc) is 3.12. The van der Waals surface area contributed by atoms with E-state index in [2.05, 4.69) is 39.8 Å². The van der Waals surface area contributed by atoms with Crippen LogP contribution in [-0.4, -0.2) is 30.5 Å². The lowest BCUT2D eigenvalue weighted by atomic mass is 10.2. The summed E-state index contributed by atoms with van der Waals surface area (Å²) in [5.74, 6) is 1.51. The van der Waals surface area contributed by atoms with Crippen LogP contribution in [0.2, 0.25) is 0 Å². The number of thiazole rings is 1. The highest BCUT2D eigenvalue weighted by molar-refractivity contribution is 14.0. The van der Waals surface area contributed by atoms with Crippen molar-refractivity contribution in [3.63, 3.8) is 0 Å². The first-order valence-corrected chi connectivity index (χ1v) is 9.82. The number of aromatic nitrogens is 1. The molecule has 0 unspecified atom stereocenters. The van der Waals surface area contributed by atoms with Crippen LogP contribution in [0.3, 0.4) is 0 Å². The Morgan fingerprint density at radius 3 is 2.71 bits per heavy atom. The predicted octanol–water partition coefficient (Wildman–Crippen LogP) is 4.78. The molecule has 0 fully saturated rings. The van der Waals surface area contributed by atoms with Gasteiger partial charge in [0.25, 0.3) is 6.43 Å². The lowest BCUT2D eigenvalue weighted by molar-refractivity contribution is 0.0818. The van der Waals surface area contributed by atoms with Gasteiger partial charge < -0.3 is 15.4 Å². The van der Waals surface area contributed by atoms with Gasteiger partial charge >= 0.3 is 0 Å². The molecular formula is C19H27F2IN4OS. The summed E-state index contributed by atoms with van der Waals surface area (Å²) in [4.78, 5) is 9.15. The van der Waals surface area contributed by atoms with Gasteiger partial charge in [0.2, 0.25) is 0 Å². The zero-order valence-corrected chi connectivity index (χ0v) is 19.4.